The summed E-state index contributed by atoms with van der Waals surface area (Å²) in [6, 6.07) is 10.4. The van der Waals surface area contributed by atoms with Crippen molar-refractivity contribution in [2.24, 2.45) is 5.92 Å². The number of hydrogen-bond donors (Lipinski definition) is 2. The molecule has 0 atom stereocenters. The summed E-state index contributed by atoms with van der Waals surface area (Å²) in [5.41, 5.74) is 2.08. The van der Waals surface area contributed by atoms with Gasteiger partial charge in [-0.25, -0.2) is 9.78 Å². The molecule has 1 fully saturated rings. The molecule has 0 bridgehead atoms. The summed E-state index contributed by atoms with van der Waals surface area (Å²) in [5, 5.41) is 15.8. The van der Waals surface area contributed by atoms with Gasteiger partial charge in [0.05, 0.1) is 18.1 Å². The van der Waals surface area contributed by atoms with Crippen molar-refractivity contribution in [2.45, 2.75) is 32.4 Å². The summed E-state index contributed by atoms with van der Waals surface area (Å²) in [4.78, 5) is 29.8. The zero-order valence-electron chi connectivity index (χ0n) is 14.5. The highest BCUT2D eigenvalue weighted by Crippen LogP contribution is 2.28. The van der Waals surface area contributed by atoms with Crippen LogP contribution in [0.3, 0.4) is 0 Å². The maximum atomic E-state index is 10.9. The molecular formula is C19H23N3O4. The molecule has 7 heteroatoms. The lowest BCUT2D eigenvalue weighted by Crippen LogP contribution is -2.32. The normalized spacial score (nSPS) is 13.4. The molecular weight excluding hydrogens is 334 g/mol. The molecule has 138 valence electrons. The Bertz CT molecular complexity index is 688. The smallest absolute Gasteiger partial charge is 0.356 e. The second-order valence-corrected chi connectivity index (χ2v) is 6.26. The van der Waals surface area contributed by atoms with Crippen LogP contribution in [0, 0.1) is 5.92 Å². The minimum atomic E-state index is -1.04. The Kier molecular flexibility index (Phi) is 7.70. The topological polar surface area (TPSA) is 104 Å². The molecule has 1 aliphatic carbocycles. The van der Waals surface area contributed by atoms with Crippen molar-refractivity contribution in [3.05, 3.63) is 59.7 Å². The zero-order chi connectivity index (χ0) is 18.8. The molecule has 7 nitrogen and oxygen atoms in total. The highest BCUT2D eigenvalue weighted by atomic mass is 16.4. The van der Waals surface area contributed by atoms with Crippen molar-refractivity contribution in [3.63, 3.8) is 0 Å². The van der Waals surface area contributed by atoms with Gasteiger partial charge in [0, 0.05) is 19.6 Å². The molecule has 0 unspecified atom stereocenters. The lowest BCUT2D eigenvalue weighted by atomic mass is 9.85. The van der Waals surface area contributed by atoms with Gasteiger partial charge in [-0.05, 0) is 24.3 Å². The van der Waals surface area contributed by atoms with Crippen LogP contribution in [0.25, 0.3) is 0 Å². The Hall–Kier alpha value is -2.80. The van der Waals surface area contributed by atoms with Gasteiger partial charge in [0.2, 0.25) is 0 Å². The fourth-order valence-electron chi connectivity index (χ4n) is 2.84. The number of carbonyl (C=O) groups is 2. The maximum absolute atomic E-state index is 10.9. The first-order valence-electron chi connectivity index (χ1n) is 8.50. The first-order valence-corrected chi connectivity index (χ1v) is 8.50. The highest BCUT2D eigenvalue weighted by molar-refractivity contribution is 5.84. The predicted molar refractivity (Wildman–Crippen MR) is 95.6 cm³/mol. The van der Waals surface area contributed by atoms with Gasteiger partial charge in [0.25, 0.3) is 6.47 Å². The summed E-state index contributed by atoms with van der Waals surface area (Å²) in [6.07, 6.45) is 6.84. The van der Waals surface area contributed by atoms with Gasteiger partial charge in [-0.15, -0.1) is 0 Å². The molecule has 1 heterocycles. The van der Waals surface area contributed by atoms with Gasteiger partial charge in [-0.1, -0.05) is 36.8 Å². The lowest BCUT2D eigenvalue weighted by molar-refractivity contribution is -0.122. The number of benzene rings is 1. The minimum absolute atomic E-state index is 0.0117. The largest absolute Gasteiger partial charge is 0.483 e. The van der Waals surface area contributed by atoms with Crippen LogP contribution in [-0.2, 0) is 17.9 Å². The summed E-state index contributed by atoms with van der Waals surface area (Å²) < 4.78 is 0. The molecule has 1 aromatic heterocycles. The van der Waals surface area contributed by atoms with Crippen LogP contribution in [0.5, 0.6) is 0 Å². The molecule has 2 aromatic rings. The van der Waals surface area contributed by atoms with Crippen LogP contribution in [-0.4, -0.2) is 44.1 Å². The molecule has 0 spiro atoms. The second kappa shape index (κ2) is 10.2. The number of rotatable bonds is 7. The van der Waals surface area contributed by atoms with Gasteiger partial charge >= 0.3 is 5.97 Å². The molecule has 0 aliphatic heterocycles. The van der Waals surface area contributed by atoms with E-state index >= 15 is 0 Å². The highest BCUT2D eigenvalue weighted by Gasteiger charge is 2.21. The van der Waals surface area contributed by atoms with E-state index in [0.29, 0.717) is 6.54 Å². The third kappa shape index (κ3) is 6.25. The van der Waals surface area contributed by atoms with E-state index in [2.05, 4.69) is 39.1 Å². The van der Waals surface area contributed by atoms with Gasteiger partial charge < -0.3 is 10.2 Å². The predicted octanol–water partition coefficient (Wildman–Crippen LogP) is 2.68. The van der Waals surface area contributed by atoms with Crippen LogP contribution < -0.4 is 0 Å². The average Bonchev–Trinajstić information content (AvgIpc) is 2.60. The lowest BCUT2D eigenvalue weighted by Gasteiger charge is -2.32. The number of nitrogens with zero attached hydrogens (tertiary/aromatic N) is 3. The van der Waals surface area contributed by atoms with E-state index in [1.165, 1.54) is 31.0 Å². The first-order chi connectivity index (χ1) is 12.6. The Morgan fingerprint density at radius 3 is 2.35 bits per heavy atom. The van der Waals surface area contributed by atoms with Crippen molar-refractivity contribution >= 4 is 12.4 Å². The molecule has 26 heavy (non-hydrogen) atoms. The summed E-state index contributed by atoms with van der Waals surface area (Å²) in [5.74, 6) is -0.273. The minimum Gasteiger partial charge on any atom is -0.483 e. The average molecular weight is 357 g/mol. The van der Waals surface area contributed by atoms with Gasteiger partial charge in [0.15, 0.2) is 5.69 Å². The second-order valence-electron chi connectivity index (χ2n) is 6.26. The summed E-state index contributed by atoms with van der Waals surface area (Å²) in [6.45, 7) is 2.37. The van der Waals surface area contributed by atoms with E-state index < -0.39 is 5.97 Å². The van der Waals surface area contributed by atoms with E-state index in [-0.39, 0.29) is 12.2 Å². The zero-order valence-corrected chi connectivity index (χ0v) is 14.5. The maximum Gasteiger partial charge on any atom is 0.356 e. The van der Waals surface area contributed by atoms with E-state index in [1.54, 1.807) is 6.20 Å². The van der Waals surface area contributed by atoms with Crippen LogP contribution in [0.1, 0.15) is 41.0 Å². The molecule has 0 radical (unpaired) electrons. The third-order valence-corrected chi connectivity index (χ3v) is 4.30. The van der Waals surface area contributed by atoms with Crippen LogP contribution in [0.4, 0.5) is 0 Å². The van der Waals surface area contributed by atoms with Gasteiger partial charge in [-0.2, -0.15) is 0 Å². The van der Waals surface area contributed by atoms with Crippen LogP contribution >= 0.6 is 0 Å². The number of aromatic carboxylic acids is 1. The Morgan fingerprint density at radius 2 is 1.85 bits per heavy atom. The van der Waals surface area contributed by atoms with E-state index in [4.69, 9.17) is 15.0 Å². The summed E-state index contributed by atoms with van der Waals surface area (Å²) >= 11 is 0. The standard InChI is InChI=1S/C18H21N3O2.CH2O2/c22-18(23)17-10-19-16(9-20-17)13-21(12-15-7-4-8-15)11-14-5-2-1-3-6-14;2-1-3/h1-3,5-6,9-10,15H,4,7-8,11-13H2,(H,22,23);1H,(H,2,3). The summed E-state index contributed by atoms with van der Waals surface area (Å²) in [7, 11) is 0. The molecule has 1 aromatic carbocycles. The van der Waals surface area contributed by atoms with E-state index in [0.717, 1.165) is 24.7 Å². The Labute approximate surface area is 152 Å². The van der Waals surface area contributed by atoms with E-state index in [1.807, 2.05) is 6.07 Å². The van der Waals surface area contributed by atoms with Crippen molar-refractivity contribution in [1.82, 2.24) is 14.9 Å². The van der Waals surface area contributed by atoms with Crippen molar-refractivity contribution in [1.29, 1.82) is 0 Å². The Morgan fingerprint density at radius 1 is 1.15 bits per heavy atom. The molecule has 0 amide bonds. The monoisotopic (exact) mass is 357 g/mol. The fourth-order valence-corrected chi connectivity index (χ4v) is 2.84. The molecule has 2 N–H and O–H groups in total. The van der Waals surface area contributed by atoms with Crippen molar-refractivity contribution in [2.75, 3.05) is 6.54 Å². The number of carboxylic acids is 1. The quantitative estimate of drug-likeness (QED) is 0.734. The first kappa shape index (κ1) is 19.5. The molecule has 1 aliphatic rings. The fraction of sp³-hybridized carbons (Fsp3) is 0.368. The number of aromatic nitrogens is 2. The number of hydrogen-bond acceptors (Lipinski definition) is 5. The molecule has 0 saturated heterocycles. The molecule has 1 saturated carbocycles. The third-order valence-electron chi connectivity index (χ3n) is 4.30. The molecule has 3 rings (SSSR count). The van der Waals surface area contributed by atoms with Gasteiger partial charge in [0.1, 0.15) is 0 Å². The van der Waals surface area contributed by atoms with Gasteiger partial charge in [-0.3, -0.25) is 14.7 Å². The van der Waals surface area contributed by atoms with Crippen molar-refractivity contribution in [3.8, 4) is 0 Å². The van der Waals surface area contributed by atoms with Crippen molar-refractivity contribution < 1.29 is 19.8 Å². The SMILES string of the molecule is O=C(O)c1cnc(CN(Cc2ccccc2)CC2CCC2)cn1.O=CO. The van der Waals surface area contributed by atoms with E-state index in [9.17, 15) is 4.79 Å². The Balaban J connectivity index is 0.000000758. The number of carboxylic acid groups (broad SMARTS) is 2. The van der Waals surface area contributed by atoms with Crippen LogP contribution in [0.15, 0.2) is 42.7 Å². The van der Waals surface area contributed by atoms with Crippen LogP contribution in [0.2, 0.25) is 0 Å².